The third-order valence-electron chi connectivity index (χ3n) is 2.59. The van der Waals surface area contributed by atoms with Crippen molar-refractivity contribution in [1.29, 1.82) is 0 Å². The lowest BCUT2D eigenvalue weighted by atomic mass is 9.96. The van der Waals surface area contributed by atoms with Crippen LogP contribution >= 0.6 is 0 Å². The molecule has 0 heterocycles. The van der Waals surface area contributed by atoms with Gasteiger partial charge in [-0.2, -0.15) is 0 Å². The van der Waals surface area contributed by atoms with E-state index in [9.17, 15) is 4.79 Å². The molecule has 1 aromatic rings. The van der Waals surface area contributed by atoms with Crippen LogP contribution in [0, 0.1) is 0 Å². The normalized spacial score (nSPS) is 12.2. The van der Waals surface area contributed by atoms with Gasteiger partial charge in [-0.15, -0.1) is 0 Å². The van der Waals surface area contributed by atoms with E-state index in [0.29, 0.717) is 6.54 Å². The Bertz CT molecular complexity index is 347. The summed E-state index contributed by atoms with van der Waals surface area (Å²) in [6, 6.07) is 7.82. The third kappa shape index (κ3) is 3.24. The molecule has 4 nitrogen and oxygen atoms in total. The van der Waals surface area contributed by atoms with Crippen LogP contribution in [0.4, 0.5) is 5.69 Å². The number of nitrogens with two attached hydrogens (primary N) is 1. The van der Waals surface area contributed by atoms with Crippen molar-refractivity contribution in [2.75, 3.05) is 25.5 Å². The SMILES string of the molecule is CN(C)c1ccc(C(CN)CC(=O)O)cc1. The van der Waals surface area contributed by atoms with E-state index in [1.807, 2.05) is 43.3 Å². The summed E-state index contributed by atoms with van der Waals surface area (Å²) in [5, 5.41) is 8.76. The van der Waals surface area contributed by atoms with Crippen molar-refractivity contribution in [3.05, 3.63) is 29.8 Å². The van der Waals surface area contributed by atoms with Crippen LogP contribution in [0.2, 0.25) is 0 Å². The quantitative estimate of drug-likeness (QED) is 0.787. The molecule has 0 aromatic heterocycles. The van der Waals surface area contributed by atoms with Crippen LogP contribution in [0.25, 0.3) is 0 Å². The Labute approximate surface area is 95.7 Å². The van der Waals surface area contributed by atoms with Gasteiger partial charge >= 0.3 is 5.97 Å². The average Bonchev–Trinajstić information content (AvgIpc) is 2.25. The second-order valence-corrected chi connectivity index (χ2v) is 4.02. The molecule has 0 saturated heterocycles. The fraction of sp³-hybridized carbons (Fsp3) is 0.417. The molecular weight excluding hydrogens is 204 g/mol. The standard InChI is InChI=1S/C12H18N2O2/c1-14(2)11-5-3-9(4-6-11)10(8-13)7-12(15)16/h3-6,10H,7-8,13H2,1-2H3,(H,15,16). The van der Waals surface area contributed by atoms with Crippen molar-refractivity contribution in [2.24, 2.45) is 5.73 Å². The van der Waals surface area contributed by atoms with Crippen LogP contribution in [-0.2, 0) is 4.79 Å². The number of rotatable bonds is 5. The monoisotopic (exact) mass is 222 g/mol. The van der Waals surface area contributed by atoms with Gasteiger partial charge in [0.25, 0.3) is 0 Å². The van der Waals surface area contributed by atoms with Gasteiger partial charge in [-0.05, 0) is 24.2 Å². The Morgan fingerprint density at radius 2 is 1.94 bits per heavy atom. The Morgan fingerprint density at radius 3 is 2.31 bits per heavy atom. The van der Waals surface area contributed by atoms with Crippen LogP contribution in [0.15, 0.2) is 24.3 Å². The summed E-state index contributed by atoms with van der Waals surface area (Å²) in [6.45, 7) is 0.355. The summed E-state index contributed by atoms with van der Waals surface area (Å²) in [7, 11) is 3.93. The van der Waals surface area contributed by atoms with E-state index in [4.69, 9.17) is 10.8 Å². The number of hydrogen-bond acceptors (Lipinski definition) is 3. The van der Waals surface area contributed by atoms with E-state index in [1.54, 1.807) is 0 Å². The molecule has 0 radical (unpaired) electrons. The molecule has 0 aliphatic carbocycles. The van der Waals surface area contributed by atoms with E-state index < -0.39 is 5.97 Å². The smallest absolute Gasteiger partial charge is 0.304 e. The molecule has 1 unspecified atom stereocenters. The zero-order valence-electron chi connectivity index (χ0n) is 9.68. The number of carbonyl (C=O) groups is 1. The Kier molecular flexibility index (Phi) is 4.31. The second-order valence-electron chi connectivity index (χ2n) is 4.02. The van der Waals surface area contributed by atoms with Gasteiger partial charge in [-0.3, -0.25) is 4.79 Å². The third-order valence-corrected chi connectivity index (χ3v) is 2.59. The molecule has 0 spiro atoms. The zero-order valence-corrected chi connectivity index (χ0v) is 9.68. The van der Waals surface area contributed by atoms with Gasteiger partial charge in [0.05, 0.1) is 6.42 Å². The van der Waals surface area contributed by atoms with Crippen molar-refractivity contribution in [3.63, 3.8) is 0 Å². The van der Waals surface area contributed by atoms with Crippen LogP contribution in [-0.4, -0.2) is 31.7 Å². The molecule has 4 heteroatoms. The highest BCUT2D eigenvalue weighted by atomic mass is 16.4. The Morgan fingerprint density at radius 1 is 1.38 bits per heavy atom. The lowest BCUT2D eigenvalue weighted by Crippen LogP contribution is -2.16. The predicted octanol–water partition coefficient (Wildman–Crippen LogP) is 1.27. The summed E-state index contributed by atoms with van der Waals surface area (Å²) >= 11 is 0. The molecule has 88 valence electrons. The average molecular weight is 222 g/mol. The van der Waals surface area contributed by atoms with Crippen LogP contribution < -0.4 is 10.6 Å². The van der Waals surface area contributed by atoms with Crippen LogP contribution in [0.5, 0.6) is 0 Å². The number of hydrogen-bond donors (Lipinski definition) is 2. The van der Waals surface area contributed by atoms with E-state index in [0.717, 1.165) is 11.3 Å². The van der Waals surface area contributed by atoms with Gasteiger partial charge in [0.15, 0.2) is 0 Å². The Balaban J connectivity index is 2.82. The minimum absolute atomic E-state index is 0.0812. The molecule has 1 atom stereocenters. The molecule has 0 amide bonds. The highest BCUT2D eigenvalue weighted by Gasteiger charge is 2.13. The van der Waals surface area contributed by atoms with E-state index >= 15 is 0 Å². The highest BCUT2D eigenvalue weighted by Crippen LogP contribution is 2.21. The molecule has 0 bridgehead atoms. The first kappa shape index (κ1) is 12.5. The van der Waals surface area contributed by atoms with Crippen molar-refractivity contribution in [1.82, 2.24) is 0 Å². The van der Waals surface area contributed by atoms with Crippen molar-refractivity contribution < 1.29 is 9.90 Å². The molecule has 0 fully saturated rings. The molecule has 0 aliphatic rings. The summed E-state index contributed by atoms with van der Waals surface area (Å²) in [4.78, 5) is 12.7. The number of carboxylic acid groups (broad SMARTS) is 1. The fourth-order valence-corrected chi connectivity index (χ4v) is 1.59. The maximum Gasteiger partial charge on any atom is 0.304 e. The number of nitrogens with zero attached hydrogens (tertiary/aromatic N) is 1. The Hall–Kier alpha value is -1.55. The van der Waals surface area contributed by atoms with Gasteiger partial charge in [0, 0.05) is 25.7 Å². The first-order valence-electron chi connectivity index (χ1n) is 5.23. The lowest BCUT2D eigenvalue weighted by molar-refractivity contribution is -0.137. The van der Waals surface area contributed by atoms with Crippen LogP contribution in [0.3, 0.4) is 0 Å². The maximum absolute atomic E-state index is 10.7. The summed E-state index contributed by atoms with van der Waals surface area (Å²) in [5.41, 5.74) is 7.65. The minimum Gasteiger partial charge on any atom is -0.481 e. The summed E-state index contributed by atoms with van der Waals surface area (Å²) in [5.74, 6) is -0.916. The van der Waals surface area contributed by atoms with Gasteiger partial charge < -0.3 is 15.7 Å². The largest absolute Gasteiger partial charge is 0.481 e. The first-order valence-corrected chi connectivity index (χ1v) is 5.23. The minimum atomic E-state index is -0.813. The molecule has 16 heavy (non-hydrogen) atoms. The molecule has 0 aliphatic heterocycles. The lowest BCUT2D eigenvalue weighted by Gasteiger charge is -2.16. The number of carboxylic acids is 1. The zero-order chi connectivity index (χ0) is 12.1. The van der Waals surface area contributed by atoms with Crippen molar-refractivity contribution in [2.45, 2.75) is 12.3 Å². The van der Waals surface area contributed by atoms with Gasteiger partial charge in [-0.1, -0.05) is 12.1 Å². The summed E-state index contributed by atoms with van der Waals surface area (Å²) in [6.07, 6.45) is 0.0812. The molecular formula is C12H18N2O2. The van der Waals surface area contributed by atoms with E-state index in [-0.39, 0.29) is 12.3 Å². The maximum atomic E-state index is 10.7. The van der Waals surface area contributed by atoms with Gasteiger partial charge in [0.2, 0.25) is 0 Å². The molecule has 3 N–H and O–H groups in total. The van der Waals surface area contributed by atoms with Crippen molar-refractivity contribution >= 4 is 11.7 Å². The topological polar surface area (TPSA) is 66.6 Å². The summed E-state index contributed by atoms with van der Waals surface area (Å²) < 4.78 is 0. The second kappa shape index (κ2) is 5.51. The molecule has 0 saturated carbocycles. The number of anilines is 1. The number of aliphatic carboxylic acids is 1. The van der Waals surface area contributed by atoms with Crippen LogP contribution in [0.1, 0.15) is 17.9 Å². The molecule has 1 rings (SSSR count). The van der Waals surface area contributed by atoms with Gasteiger partial charge in [0.1, 0.15) is 0 Å². The number of benzene rings is 1. The van der Waals surface area contributed by atoms with Crippen molar-refractivity contribution in [3.8, 4) is 0 Å². The van der Waals surface area contributed by atoms with Gasteiger partial charge in [-0.25, -0.2) is 0 Å². The highest BCUT2D eigenvalue weighted by molar-refractivity contribution is 5.68. The predicted molar refractivity (Wildman–Crippen MR) is 64.8 cm³/mol. The van der Waals surface area contributed by atoms with E-state index in [1.165, 1.54) is 0 Å². The van der Waals surface area contributed by atoms with E-state index in [2.05, 4.69) is 0 Å². The molecule has 1 aromatic carbocycles. The first-order chi connectivity index (χ1) is 7.54. The fourth-order valence-electron chi connectivity index (χ4n) is 1.59.